The van der Waals surface area contributed by atoms with Crippen molar-refractivity contribution in [3.8, 4) is 0 Å². The summed E-state index contributed by atoms with van der Waals surface area (Å²) in [5.74, 6) is 0. The van der Waals surface area contributed by atoms with Gasteiger partial charge in [0.1, 0.15) is 6.10 Å². The summed E-state index contributed by atoms with van der Waals surface area (Å²) in [5.41, 5.74) is 1.35. The van der Waals surface area contributed by atoms with Crippen molar-refractivity contribution in [2.24, 2.45) is 0 Å². The molecular formula is C18H21NOS2. The summed E-state index contributed by atoms with van der Waals surface area (Å²) >= 11 is 7.25. The van der Waals surface area contributed by atoms with Crippen LogP contribution in [0.3, 0.4) is 0 Å². The molecule has 4 heteroatoms. The summed E-state index contributed by atoms with van der Waals surface area (Å²) in [6, 6.07) is 14.8. The normalized spacial score (nSPS) is 15.7. The Balaban J connectivity index is 1.63. The lowest BCUT2D eigenvalue weighted by Gasteiger charge is -2.24. The lowest BCUT2D eigenvalue weighted by atomic mass is 10.1. The molecule has 1 aromatic heterocycles. The first-order valence-corrected chi connectivity index (χ1v) is 9.14. The van der Waals surface area contributed by atoms with Gasteiger partial charge in [0.15, 0.2) is 0 Å². The van der Waals surface area contributed by atoms with Gasteiger partial charge in [-0.15, -0.1) is 11.3 Å². The van der Waals surface area contributed by atoms with Gasteiger partial charge in [0.05, 0.1) is 0 Å². The van der Waals surface area contributed by atoms with E-state index in [1.54, 1.807) is 11.3 Å². The van der Waals surface area contributed by atoms with E-state index in [1.165, 1.54) is 23.3 Å². The zero-order valence-electron chi connectivity index (χ0n) is 12.6. The smallest absolute Gasteiger partial charge is 0.259 e. The SMILES string of the molecule is S=C(OC(CCc1ccccc1)c1cccs1)N1CCCC1. The summed E-state index contributed by atoms with van der Waals surface area (Å²) in [7, 11) is 0. The molecule has 1 fully saturated rings. The third-order valence-electron chi connectivity index (χ3n) is 4.01. The van der Waals surface area contributed by atoms with Gasteiger partial charge in [-0.05, 0) is 54.9 Å². The number of ether oxygens (including phenoxy) is 1. The van der Waals surface area contributed by atoms with Crippen LogP contribution in [0.25, 0.3) is 0 Å². The first-order chi connectivity index (χ1) is 10.8. The quantitative estimate of drug-likeness (QED) is 0.729. The highest BCUT2D eigenvalue weighted by molar-refractivity contribution is 7.80. The Morgan fingerprint density at radius 1 is 1.14 bits per heavy atom. The molecular weight excluding hydrogens is 310 g/mol. The van der Waals surface area contributed by atoms with Crippen LogP contribution in [0.4, 0.5) is 0 Å². The van der Waals surface area contributed by atoms with E-state index in [9.17, 15) is 0 Å². The summed E-state index contributed by atoms with van der Waals surface area (Å²) < 4.78 is 6.17. The van der Waals surface area contributed by atoms with Gasteiger partial charge in [-0.2, -0.15) is 0 Å². The van der Waals surface area contributed by atoms with Crippen LogP contribution in [0.5, 0.6) is 0 Å². The molecule has 1 saturated heterocycles. The molecule has 0 spiro atoms. The third-order valence-corrected chi connectivity index (χ3v) is 5.32. The Bertz CT molecular complexity index is 576. The molecule has 1 aliphatic heterocycles. The van der Waals surface area contributed by atoms with Gasteiger partial charge < -0.3 is 9.64 Å². The second kappa shape index (κ2) is 7.75. The summed E-state index contributed by atoms with van der Waals surface area (Å²) in [5, 5.41) is 2.77. The molecule has 3 rings (SSSR count). The first-order valence-electron chi connectivity index (χ1n) is 7.86. The standard InChI is InChI=1S/C18H21NOS2/c21-18(19-12-4-5-13-19)20-16(17-9-6-14-22-17)11-10-15-7-2-1-3-8-15/h1-3,6-9,14,16H,4-5,10-13H2. The predicted octanol–water partition coefficient (Wildman–Crippen LogP) is 4.82. The van der Waals surface area contributed by atoms with Gasteiger partial charge in [-0.3, -0.25) is 0 Å². The Morgan fingerprint density at radius 3 is 2.59 bits per heavy atom. The first kappa shape index (κ1) is 15.5. The second-order valence-electron chi connectivity index (χ2n) is 5.61. The molecule has 0 saturated carbocycles. The summed E-state index contributed by atoms with van der Waals surface area (Å²) in [6.45, 7) is 2.07. The van der Waals surface area contributed by atoms with Crippen LogP contribution in [0.15, 0.2) is 47.8 Å². The van der Waals surface area contributed by atoms with Gasteiger partial charge in [0.2, 0.25) is 0 Å². The zero-order valence-corrected chi connectivity index (χ0v) is 14.2. The van der Waals surface area contributed by atoms with Crippen LogP contribution >= 0.6 is 23.6 Å². The Kier molecular flexibility index (Phi) is 5.46. The molecule has 0 radical (unpaired) electrons. The maximum absolute atomic E-state index is 6.17. The molecule has 1 atom stereocenters. The summed E-state index contributed by atoms with van der Waals surface area (Å²) in [6.07, 6.45) is 4.46. The number of benzene rings is 1. The lowest BCUT2D eigenvalue weighted by molar-refractivity contribution is 0.159. The summed E-state index contributed by atoms with van der Waals surface area (Å²) in [4.78, 5) is 3.45. The van der Waals surface area contributed by atoms with Crippen LogP contribution in [-0.2, 0) is 11.2 Å². The zero-order chi connectivity index (χ0) is 15.2. The maximum atomic E-state index is 6.17. The highest BCUT2D eigenvalue weighted by Crippen LogP contribution is 2.28. The van der Waals surface area contributed by atoms with Gasteiger partial charge in [0, 0.05) is 18.0 Å². The van der Waals surface area contributed by atoms with E-state index >= 15 is 0 Å². The molecule has 2 heterocycles. The molecule has 0 amide bonds. The highest BCUT2D eigenvalue weighted by Gasteiger charge is 2.21. The van der Waals surface area contributed by atoms with Gasteiger partial charge in [-0.1, -0.05) is 36.4 Å². The van der Waals surface area contributed by atoms with Gasteiger partial charge in [0.25, 0.3) is 5.17 Å². The molecule has 0 aliphatic carbocycles. The number of thiophene rings is 1. The number of nitrogens with zero attached hydrogens (tertiary/aromatic N) is 1. The molecule has 22 heavy (non-hydrogen) atoms. The topological polar surface area (TPSA) is 12.5 Å². The second-order valence-corrected chi connectivity index (χ2v) is 6.93. The fourth-order valence-corrected chi connectivity index (χ4v) is 3.86. The monoisotopic (exact) mass is 331 g/mol. The number of thiocarbonyl (C=S) groups is 1. The highest BCUT2D eigenvalue weighted by atomic mass is 32.1. The minimum absolute atomic E-state index is 0.0632. The molecule has 0 bridgehead atoms. The van der Waals surface area contributed by atoms with E-state index in [1.807, 2.05) is 0 Å². The molecule has 116 valence electrons. The van der Waals surface area contributed by atoms with Crippen LogP contribution in [0.2, 0.25) is 0 Å². The van der Waals surface area contributed by atoms with Crippen molar-refractivity contribution < 1.29 is 4.74 Å². The Labute approximate surface area is 141 Å². The van der Waals surface area contributed by atoms with Crippen LogP contribution in [0.1, 0.15) is 35.8 Å². The number of rotatable bonds is 5. The number of hydrogen-bond acceptors (Lipinski definition) is 3. The van der Waals surface area contributed by atoms with Crippen LogP contribution < -0.4 is 0 Å². The minimum Gasteiger partial charge on any atom is -0.462 e. The number of aryl methyl sites for hydroxylation is 1. The van der Waals surface area contributed by atoms with Crippen molar-refractivity contribution >= 4 is 28.7 Å². The fraction of sp³-hybridized carbons (Fsp3) is 0.389. The third kappa shape index (κ3) is 4.08. The maximum Gasteiger partial charge on any atom is 0.259 e. The molecule has 1 unspecified atom stereocenters. The van der Waals surface area contributed by atoms with Crippen molar-refractivity contribution in [1.82, 2.24) is 4.90 Å². The van der Waals surface area contributed by atoms with Crippen molar-refractivity contribution in [2.45, 2.75) is 31.8 Å². The van der Waals surface area contributed by atoms with Gasteiger partial charge in [-0.25, -0.2) is 0 Å². The largest absolute Gasteiger partial charge is 0.462 e. The van der Waals surface area contributed by atoms with E-state index < -0.39 is 0 Å². The number of hydrogen-bond donors (Lipinski definition) is 0. The minimum atomic E-state index is 0.0632. The van der Waals surface area contributed by atoms with Crippen molar-refractivity contribution in [3.63, 3.8) is 0 Å². The van der Waals surface area contributed by atoms with Crippen molar-refractivity contribution in [3.05, 3.63) is 58.3 Å². The predicted molar refractivity (Wildman–Crippen MR) is 96.3 cm³/mol. The fourth-order valence-electron chi connectivity index (χ4n) is 2.77. The van der Waals surface area contributed by atoms with E-state index in [4.69, 9.17) is 17.0 Å². The molecule has 2 nitrogen and oxygen atoms in total. The Hall–Kier alpha value is -1.39. The van der Waals surface area contributed by atoms with E-state index in [-0.39, 0.29) is 6.10 Å². The van der Waals surface area contributed by atoms with Crippen molar-refractivity contribution in [1.29, 1.82) is 0 Å². The van der Waals surface area contributed by atoms with E-state index in [0.717, 1.165) is 25.9 Å². The molecule has 2 aromatic rings. The Morgan fingerprint density at radius 2 is 1.91 bits per heavy atom. The van der Waals surface area contributed by atoms with Crippen molar-refractivity contribution in [2.75, 3.05) is 13.1 Å². The molecule has 1 aliphatic rings. The average Bonchev–Trinajstić information content (AvgIpc) is 3.25. The van der Waals surface area contributed by atoms with E-state index in [0.29, 0.717) is 5.17 Å². The van der Waals surface area contributed by atoms with Crippen LogP contribution in [-0.4, -0.2) is 23.2 Å². The average molecular weight is 332 g/mol. The molecule has 1 aromatic carbocycles. The van der Waals surface area contributed by atoms with Crippen LogP contribution in [0, 0.1) is 0 Å². The number of likely N-dealkylation sites (tertiary alicyclic amines) is 1. The molecule has 0 N–H and O–H groups in total. The van der Waals surface area contributed by atoms with Gasteiger partial charge >= 0.3 is 0 Å². The lowest BCUT2D eigenvalue weighted by Crippen LogP contribution is -2.29. The van der Waals surface area contributed by atoms with E-state index in [2.05, 4.69) is 52.7 Å².